The zero-order valence-electron chi connectivity index (χ0n) is 10.7. The lowest BCUT2D eigenvalue weighted by molar-refractivity contribution is 0.222. The summed E-state index contributed by atoms with van der Waals surface area (Å²) in [5.74, 6) is 0.912. The van der Waals surface area contributed by atoms with E-state index in [1.807, 2.05) is 30.3 Å². The topological polar surface area (TPSA) is 9.23 Å². The Labute approximate surface area is 113 Å². The summed E-state index contributed by atoms with van der Waals surface area (Å²) in [5.41, 5.74) is 2.44. The first kappa shape index (κ1) is 13.0. The van der Waals surface area contributed by atoms with Gasteiger partial charge in [-0.3, -0.25) is 0 Å². The molecule has 1 atom stereocenters. The van der Waals surface area contributed by atoms with Crippen LogP contribution in [0.1, 0.15) is 18.1 Å². The molecule has 0 aromatic heterocycles. The Morgan fingerprint density at radius 2 is 1.83 bits per heavy atom. The first-order valence-corrected chi connectivity index (χ1v) is 6.49. The first-order valence-electron chi connectivity index (χ1n) is 6.11. The molecule has 2 aromatic carbocycles. The molecule has 0 saturated carbocycles. The molecule has 1 nitrogen and oxygen atoms in total. The molecule has 94 valence electrons. The van der Waals surface area contributed by atoms with Crippen LogP contribution in [0.3, 0.4) is 0 Å². The number of aryl methyl sites for hydroxylation is 1. The van der Waals surface area contributed by atoms with Crippen LogP contribution in [-0.2, 0) is 6.42 Å². The summed E-state index contributed by atoms with van der Waals surface area (Å²) in [6.07, 6.45) is 0.986. The van der Waals surface area contributed by atoms with E-state index in [1.165, 1.54) is 11.1 Å². The molecule has 0 aliphatic carbocycles. The van der Waals surface area contributed by atoms with Gasteiger partial charge in [-0.05, 0) is 43.7 Å². The van der Waals surface area contributed by atoms with E-state index in [0.29, 0.717) is 0 Å². The average molecular weight is 261 g/mol. The van der Waals surface area contributed by atoms with E-state index in [9.17, 15) is 0 Å². The monoisotopic (exact) mass is 260 g/mol. The lowest BCUT2D eigenvalue weighted by Gasteiger charge is -2.15. The van der Waals surface area contributed by atoms with Gasteiger partial charge < -0.3 is 4.74 Å². The molecule has 2 heteroatoms. The Balaban J connectivity index is 1.96. The van der Waals surface area contributed by atoms with E-state index < -0.39 is 0 Å². The van der Waals surface area contributed by atoms with Gasteiger partial charge in [0.2, 0.25) is 0 Å². The molecule has 0 spiro atoms. The van der Waals surface area contributed by atoms with E-state index >= 15 is 0 Å². The normalized spacial score (nSPS) is 12.2. The molecule has 0 bridgehead atoms. The van der Waals surface area contributed by atoms with Crippen molar-refractivity contribution < 1.29 is 4.74 Å². The lowest BCUT2D eigenvalue weighted by Crippen LogP contribution is -2.14. The number of halogens is 1. The number of ether oxygens (including phenoxy) is 1. The Kier molecular flexibility index (Phi) is 4.27. The fraction of sp³-hybridized carbons (Fsp3) is 0.250. The second-order valence-corrected chi connectivity index (χ2v) is 5.01. The van der Waals surface area contributed by atoms with Gasteiger partial charge in [0.25, 0.3) is 0 Å². The second-order valence-electron chi connectivity index (χ2n) is 4.58. The van der Waals surface area contributed by atoms with E-state index in [1.54, 1.807) is 0 Å². The van der Waals surface area contributed by atoms with E-state index in [0.717, 1.165) is 17.2 Å². The van der Waals surface area contributed by atoms with Crippen LogP contribution in [0.25, 0.3) is 0 Å². The molecule has 0 aliphatic rings. The summed E-state index contributed by atoms with van der Waals surface area (Å²) in [6.45, 7) is 4.14. The maximum atomic E-state index is 5.97. The van der Waals surface area contributed by atoms with E-state index in [4.69, 9.17) is 16.3 Å². The summed E-state index contributed by atoms with van der Waals surface area (Å²) in [5, 5.41) is 0.773. The second kappa shape index (κ2) is 5.92. The highest BCUT2D eigenvalue weighted by Gasteiger charge is 2.05. The minimum atomic E-state index is 0.131. The number of hydrogen-bond donors (Lipinski definition) is 0. The molecule has 0 aliphatic heterocycles. The molecular weight excluding hydrogens is 244 g/mol. The third kappa shape index (κ3) is 3.78. The van der Waals surface area contributed by atoms with Crippen LogP contribution in [0.4, 0.5) is 0 Å². The summed E-state index contributed by atoms with van der Waals surface area (Å²) in [4.78, 5) is 0. The van der Waals surface area contributed by atoms with E-state index in [2.05, 4.69) is 32.0 Å². The van der Waals surface area contributed by atoms with Crippen molar-refractivity contribution in [1.29, 1.82) is 0 Å². The molecule has 0 heterocycles. The SMILES string of the molecule is Cc1ccc(OC(C)Cc2cccc(Cl)c2)cc1. The Morgan fingerprint density at radius 1 is 1.11 bits per heavy atom. The van der Waals surface area contributed by atoms with Gasteiger partial charge >= 0.3 is 0 Å². The van der Waals surface area contributed by atoms with Gasteiger partial charge in [0.15, 0.2) is 0 Å². The number of hydrogen-bond acceptors (Lipinski definition) is 1. The number of rotatable bonds is 4. The van der Waals surface area contributed by atoms with Crippen molar-refractivity contribution >= 4 is 11.6 Å². The molecule has 0 saturated heterocycles. The van der Waals surface area contributed by atoms with Crippen molar-refractivity contribution in [3.05, 3.63) is 64.7 Å². The quantitative estimate of drug-likeness (QED) is 0.777. The summed E-state index contributed by atoms with van der Waals surface area (Å²) in [6, 6.07) is 16.0. The van der Waals surface area contributed by atoms with Crippen molar-refractivity contribution in [2.24, 2.45) is 0 Å². The Morgan fingerprint density at radius 3 is 2.50 bits per heavy atom. The highest BCUT2D eigenvalue weighted by Crippen LogP contribution is 2.17. The van der Waals surface area contributed by atoms with Gasteiger partial charge in [0.05, 0.1) is 6.10 Å². The zero-order valence-corrected chi connectivity index (χ0v) is 11.4. The van der Waals surface area contributed by atoms with Gasteiger partial charge in [-0.25, -0.2) is 0 Å². The lowest BCUT2D eigenvalue weighted by atomic mass is 10.1. The molecule has 0 fully saturated rings. The predicted octanol–water partition coefficient (Wildman–Crippen LogP) is 4.66. The fourth-order valence-corrected chi connectivity index (χ4v) is 2.10. The third-order valence-electron chi connectivity index (χ3n) is 2.77. The van der Waals surface area contributed by atoms with Crippen molar-refractivity contribution in [1.82, 2.24) is 0 Å². The molecule has 2 aromatic rings. The minimum Gasteiger partial charge on any atom is -0.490 e. The first-order chi connectivity index (χ1) is 8.63. The van der Waals surface area contributed by atoms with Crippen LogP contribution < -0.4 is 4.74 Å². The van der Waals surface area contributed by atoms with Crippen LogP contribution >= 0.6 is 11.6 Å². The maximum Gasteiger partial charge on any atom is 0.119 e. The summed E-state index contributed by atoms with van der Waals surface area (Å²) >= 11 is 5.97. The molecule has 2 rings (SSSR count). The fourth-order valence-electron chi connectivity index (χ4n) is 1.89. The van der Waals surface area contributed by atoms with Crippen LogP contribution in [-0.4, -0.2) is 6.10 Å². The summed E-state index contributed by atoms with van der Waals surface area (Å²) < 4.78 is 5.87. The smallest absolute Gasteiger partial charge is 0.119 e. The van der Waals surface area contributed by atoms with Crippen LogP contribution in [0.5, 0.6) is 5.75 Å². The van der Waals surface area contributed by atoms with Crippen molar-refractivity contribution in [2.45, 2.75) is 26.4 Å². The average Bonchev–Trinajstić information content (AvgIpc) is 2.32. The minimum absolute atomic E-state index is 0.131. The van der Waals surface area contributed by atoms with Crippen LogP contribution in [0.2, 0.25) is 5.02 Å². The van der Waals surface area contributed by atoms with Gasteiger partial charge in [-0.15, -0.1) is 0 Å². The van der Waals surface area contributed by atoms with Crippen molar-refractivity contribution in [3.8, 4) is 5.75 Å². The van der Waals surface area contributed by atoms with Crippen molar-refractivity contribution in [2.75, 3.05) is 0 Å². The van der Waals surface area contributed by atoms with Gasteiger partial charge in [-0.1, -0.05) is 41.4 Å². The number of benzene rings is 2. The van der Waals surface area contributed by atoms with Gasteiger partial charge in [0, 0.05) is 11.4 Å². The van der Waals surface area contributed by atoms with Crippen molar-refractivity contribution in [3.63, 3.8) is 0 Å². The summed E-state index contributed by atoms with van der Waals surface area (Å²) in [7, 11) is 0. The van der Waals surface area contributed by atoms with E-state index in [-0.39, 0.29) is 6.10 Å². The highest BCUT2D eigenvalue weighted by molar-refractivity contribution is 6.30. The van der Waals surface area contributed by atoms with Gasteiger partial charge in [-0.2, -0.15) is 0 Å². The molecule has 1 unspecified atom stereocenters. The standard InChI is InChI=1S/C16H17ClO/c1-12-6-8-16(9-7-12)18-13(2)10-14-4-3-5-15(17)11-14/h3-9,11,13H,10H2,1-2H3. The van der Waals surface area contributed by atoms with Gasteiger partial charge in [0.1, 0.15) is 5.75 Å². The molecule has 0 N–H and O–H groups in total. The molecular formula is C16H17ClO. The zero-order chi connectivity index (χ0) is 13.0. The van der Waals surface area contributed by atoms with Crippen LogP contribution in [0.15, 0.2) is 48.5 Å². The maximum absolute atomic E-state index is 5.97. The Bertz CT molecular complexity index is 505. The molecule has 0 radical (unpaired) electrons. The molecule has 0 amide bonds. The predicted molar refractivity (Wildman–Crippen MR) is 76.4 cm³/mol. The Hall–Kier alpha value is -1.47. The third-order valence-corrected chi connectivity index (χ3v) is 3.01. The largest absolute Gasteiger partial charge is 0.490 e. The van der Waals surface area contributed by atoms with Crippen LogP contribution in [0, 0.1) is 6.92 Å². The molecule has 18 heavy (non-hydrogen) atoms. The highest BCUT2D eigenvalue weighted by atomic mass is 35.5.